The van der Waals surface area contributed by atoms with Crippen LogP contribution in [0.15, 0.2) is 29.6 Å². The molecule has 0 N–H and O–H groups in total. The second kappa shape index (κ2) is 6.36. The van der Waals surface area contributed by atoms with E-state index in [0.717, 1.165) is 0 Å². The summed E-state index contributed by atoms with van der Waals surface area (Å²) < 4.78 is 5.55. The van der Waals surface area contributed by atoms with E-state index in [-0.39, 0.29) is 23.9 Å². The van der Waals surface area contributed by atoms with Crippen molar-refractivity contribution >= 4 is 34.7 Å². The molecule has 0 saturated heterocycles. The van der Waals surface area contributed by atoms with Gasteiger partial charge in [0.1, 0.15) is 0 Å². The average molecular weight is 347 g/mol. The van der Waals surface area contributed by atoms with Gasteiger partial charge in [0.25, 0.3) is 11.7 Å². The van der Waals surface area contributed by atoms with Crippen LogP contribution in [0.5, 0.6) is 5.75 Å². The molecule has 1 amide bonds. The zero-order chi connectivity index (χ0) is 17.3. The minimum absolute atomic E-state index is 0.00352. The second-order valence-corrected chi connectivity index (χ2v) is 6.04. The van der Waals surface area contributed by atoms with Gasteiger partial charge in [-0.3, -0.25) is 14.5 Å². The van der Waals surface area contributed by atoms with Crippen LogP contribution in [0.3, 0.4) is 0 Å². The van der Waals surface area contributed by atoms with Gasteiger partial charge in [0, 0.05) is 6.07 Å². The molecule has 0 saturated carbocycles. The van der Waals surface area contributed by atoms with E-state index in [1.165, 1.54) is 28.4 Å². The number of carbonyl (C=O) groups is 2. The highest BCUT2D eigenvalue weighted by Gasteiger charge is 2.39. The molecule has 0 radical (unpaired) electrons. The summed E-state index contributed by atoms with van der Waals surface area (Å²) in [5.74, 6) is -0.833. The zero-order valence-electron chi connectivity index (χ0n) is 12.7. The quantitative estimate of drug-likeness (QED) is 0.467. The maximum absolute atomic E-state index is 12.5. The van der Waals surface area contributed by atoms with Crippen LogP contribution in [0.4, 0.5) is 11.6 Å². The Hall–Kier alpha value is -2.81. The zero-order valence-corrected chi connectivity index (χ0v) is 13.5. The van der Waals surface area contributed by atoms with Gasteiger partial charge in [-0.25, -0.2) is 0 Å². The van der Waals surface area contributed by atoms with Crippen molar-refractivity contribution < 1.29 is 19.2 Å². The summed E-state index contributed by atoms with van der Waals surface area (Å²) in [4.78, 5) is 40.7. The fourth-order valence-corrected chi connectivity index (χ4v) is 3.02. The van der Waals surface area contributed by atoms with E-state index in [1.54, 1.807) is 24.4 Å². The van der Waals surface area contributed by atoms with Gasteiger partial charge in [0.05, 0.1) is 11.4 Å². The first kappa shape index (κ1) is 16.1. The van der Waals surface area contributed by atoms with Crippen molar-refractivity contribution in [3.63, 3.8) is 0 Å². The SMILES string of the molecule is CCC1Oc2ccc([N+](=O)[O-])nc2N(CC(=O)c2cccs2)C1=O. The molecule has 124 valence electrons. The largest absolute Gasteiger partial charge is 0.474 e. The second-order valence-electron chi connectivity index (χ2n) is 5.09. The van der Waals surface area contributed by atoms with E-state index in [2.05, 4.69) is 4.98 Å². The first-order valence-corrected chi connectivity index (χ1v) is 8.09. The van der Waals surface area contributed by atoms with Gasteiger partial charge < -0.3 is 14.9 Å². The highest BCUT2D eigenvalue weighted by molar-refractivity contribution is 7.12. The van der Waals surface area contributed by atoms with E-state index in [0.29, 0.717) is 11.3 Å². The number of pyridine rings is 1. The third-order valence-electron chi connectivity index (χ3n) is 3.55. The lowest BCUT2D eigenvalue weighted by Gasteiger charge is -2.30. The number of aromatic nitrogens is 1. The number of hydrogen-bond acceptors (Lipinski definition) is 7. The molecule has 1 aliphatic heterocycles. The summed E-state index contributed by atoms with van der Waals surface area (Å²) in [6.07, 6.45) is -0.323. The minimum Gasteiger partial charge on any atom is -0.474 e. The Labute approximate surface area is 140 Å². The standard InChI is InChI=1S/C15H13N3O5S/c1-2-10-15(20)17(8-9(19)12-4-3-7-24-12)14-11(23-10)5-6-13(16-14)18(21)22/h3-7,10H,2,8H2,1H3. The van der Waals surface area contributed by atoms with Gasteiger partial charge in [-0.2, -0.15) is 0 Å². The average Bonchev–Trinajstić information content (AvgIpc) is 3.11. The predicted molar refractivity (Wildman–Crippen MR) is 86.6 cm³/mol. The summed E-state index contributed by atoms with van der Waals surface area (Å²) in [7, 11) is 0. The predicted octanol–water partition coefficient (Wildman–Crippen LogP) is 2.44. The molecular formula is C15H13N3O5S. The van der Waals surface area contributed by atoms with Crippen molar-refractivity contribution in [1.82, 2.24) is 4.98 Å². The molecule has 0 bridgehead atoms. The highest BCUT2D eigenvalue weighted by atomic mass is 32.1. The Balaban J connectivity index is 1.99. The number of rotatable bonds is 5. The fraction of sp³-hybridized carbons (Fsp3) is 0.267. The summed E-state index contributed by atoms with van der Waals surface area (Å²) in [5.41, 5.74) is 0. The van der Waals surface area contributed by atoms with Crippen molar-refractivity contribution in [1.29, 1.82) is 0 Å². The normalized spacial score (nSPS) is 16.5. The van der Waals surface area contributed by atoms with Crippen LogP contribution in [0, 0.1) is 10.1 Å². The number of fused-ring (bicyclic) bond motifs is 1. The number of amides is 1. The van der Waals surface area contributed by atoms with Crippen molar-refractivity contribution in [2.75, 3.05) is 11.4 Å². The summed E-state index contributed by atoms with van der Waals surface area (Å²) >= 11 is 1.27. The molecule has 3 rings (SSSR count). The smallest absolute Gasteiger partial charge is 0.366 e. The lowest BCUT2D eigenvalue weighted by Crippen LogP contribution is -2.48. The van der Waals surface area contributed by atoms with Crippen molar-refractivity contribution in [2.24, 2.45) is 0 Å². The van der Waals surface area contributed by atoms with E-state index >= 15 is 0 Å². The molecule has 2 aromatic heterocycles. The van der Waals surface area contributed by atoms with Gasteiger partial charge in [0.15, 0.2) is 17.6 Å². The molecule has 8 nitrogen and oxygen atoms in total. The number of ketones is 1. The molecule has 1 atom stereocenters. The number of thiophene rings is 1. The Morgan fingerprint density at radius 1 is 1.46 bits per heavy atom. The third kappa shape index (κ3) is 2.85. The van der Waals surface area contributed by atoms with Crippen molar-refractivity contribution in [3.8, 4) is 5.75 Å². The molecule has 9 heteroatoms. The van der Waals surface area contributed by atoms with Crippen LogP contribution in [0.1, 0.15) is 23.0 Å². The summed E-state index contributed by atoms with van der Waals surface area (Å²) in [6.45, 7) is 1.55. The van der Waals surface area contributed by atoms with Crippen LogP contribution in [-0.4, -0.2) is 34.2 Å². The van der Waals surface area contributed by atoms with Gasteiger partial charge in [-0.05, 0) is 33.8 Å². The number of anilines is 1. The van der Waals surface area contributed by atoms with Crippen LogP contribution in [0.25, 0.3) is 0 Å². The molecular weight excluding hydrogens is 334 g/mol. The van der Waals surface area contributed by atoms with Crippen LogP contribution in [0.2, 0.25) is 0 Å². The van der Waals surface area contributed by atoms with E-state index in [4.69, 9.17) is 4.74 Å². The van der Waals surface area contributed by atoms with Gasteiger partial charge >= 0.3 is 5.82 Å². The summed E-state index contributed by atoms with van der Waals surface area (Å²) in [6, 6.07) is 6.01. The van der Waals surface area contributed by atoms with Crippen LogP contribution >= 0.6 is 11.3 Å². The number of carbonyl (C=O) groups excluding carboxylic acids is 2. The number of Topliss-reactive ketones (excluding diaryl/α,β-unsaturated/α-hetero) is 1. The maximum Gasteiger partial charge on any atom is 0.366 e. The Morgan fingerprint density at radius 2 is 2.25 bits per heavy atom. The van der Waals surface area contributed by atoms with E-state index in [1.807, 2.05) is 0 Å². The Bertz CT molecular complexity index is 805. The lowest BCUT2D eigenvalue weighted by atomic mass is 10.1. The first-order chi connectivity index (χ1) is 11.5. The molecule has 1 aliphatic rings. The van der Waals surface area contributed by atoms with Gasteiger partial charge in [0.2, 0.25) is 0 Å². The number of ether oxygens (including phenoxy) is 1. The fourth-order valence-electron chi connectivity index (χ4n) is 2.36. The van der Waals surface area contributed by atoms with E-state index in [9.17, 15) is 19.7 Å². The molecule has 0 spiro atoms. The lowest BCUT2D eigenvalue weighted by molar-refractivity contribution is -0.389. The Kier molecular flexibility index (Phi) is 4.26. The van der Waals surface area contributed by atoms with Gasteiger partial charge in [-0.1, -0.05) is 13.0 Å². The number of nitrogens with zero attached hydrogens (tertiary/aromatic N) is 3. The molecule has 24 heavy (non-hydrogen) atoms. The molecule has 1 unspecified atom stereocenters. The monoisotopic (exact) mass is 347 g/mol. The topological polar surface area (TPSA) is 103 Å². The minimum atomic E-state index is -0.739. The molecule has 3 heterocycles. The molecule has 0 aliphatic carbocycles. The van der Waals surface area contributed by atoms with Crippen LogP contribution in [-0.2, 0) is 4.79 Å². The number of nitro groups is 1. The maximum atomic E-state index is 12.5. The third-order valence-corrected chi connectivity index (χ3v) is 4.46. The van der Waals surface area contributed by atoms with Crippen molar-refractivity contribution in [2.45, 2.75) is 19.4 Å². The summed E-state index contributed by atoms with van der Waals surface area (Å²) in [5, 5.41) is 12.7. The molecule has 0 aromatic carbocycles. The molecule has 0 fully saturated rings. The van der Waals surface area contributed by atoms with Gasteiger partial charge in [-0.15, -0.1) is 11.3 Å². The number of hydrogen-bond donors (Lipinski definition) is 0. The molecule has 2 aromatic rings. The van der Waals surface area contributed by atoms with E-state index < -0.39 is 22.8 Å². The van der Waals surface area contributed by atoms with Crippen LogP contribution < -0.4 is 9.64 Å². The highest BCUT2D eigenvalue weighted by Crippen LogP contribution is 2.34. The first-order valence-electron chi connectivity index (χ1n) is 7.21. The Morgan fingerprint density at radius 3 is 2.88 bits per heavy atom. The van der Waals surface area contributed by atoms with Crippen molar-refractivity contribution in [3.05, 3.63) is 44.6 Å².